The van der Waals surface area contributed by atoms with E-state index in [1.807, 2.05) is 0 Å². The molecule has 0 spiro atoms. The Kier molecular flexibility index (Phi) is 4.57. The number of carbonyl (C=O) groups excluding carboxylic acids is 3. The van der Waals surface area contributed by atoms with Gasteiger partial charge in [-0.05, 0) is 24.6 Å². The van der Waals surface area contributed by atoms with E-state index in [0.717, 1.165) is 17.1 Å². The highest BCUT2D eigenvalue weighted by molar-refractivity contribution is 9.10. The zero-order valence-electron chi connectivity index (χ0n) is 9.45. The molecule has 0 aromatic heterocycles. The first-order valence-electron chi connectivity index (χ1n) is 4.86. The molecule has 0 atom stereocenters. The van der Waals surface area contributed by atoms with Gasteiger partial charge in [-0.15, -0.1) is 0 Å². The third-order valence-electron chi connectivity index (χ3n) is 2.23. The number of ether oxygens (including phenoxy) is 1. The summed E-state index contributed by atoms with van der Waals surface area (Å²) in [5.74, 6) is -2.22. The number of hydrogen-bond donors (Lipinski definition) is 0. The molecule has 17 heavy (non-hydrogen) atoms. The van der Waals surface area contributed by atoms with Crippen LogP contribution in [0, 0.1) is 6.92 Å². The summed E-state index contributed by atoms with van der Waals surface area (Å²) in [6.07, 6.45) is -0.468. The summed E-state index contributed by atoms with van der Waals surface area (Å²) in [6.45, 7) is 1.77. The molecule has 0 saturated heterocycles. The number of benzene rings is 1. The summed E-state index contributed by atoms with van der Waals surface area (Å²) < 4.78 is 5.00. The fourth-order valence-electron chi connectivity index (χ4n) is 1.32. The molecule has 1 rings (SSSR count). The normalized spacial score (nSPS) is 9.82. The van der Waals surface area contributed by atoms with Gasteiger partial charge in [-0.1, -0.05) is 22.0 Å². The third kappa shape index (κ3) is 3.49. The molecule has 0 N–H and O–H groups in total. The maximum atomic E-state index is 11.8. The number of Topliss-reactive ketones (excluding diaryl/α,β-unsaturated/α-hetero) is 2. The fraction of sp³-hybridized carbons (Fsp3) is 0.250. The molecule has 0 bridgehead atoms. The molecule has 0 aliphatic rings. The van der Waals surface area contributed by atoms with Crippen LogP contribution in [0.5, 0.6) is 0 Å². The second kappa shape index (κ2) is 5.72. The summed E-state index contributed by atoms with van der Waals surface area (Å²) in [7, 11) is 1.11. The Morgan fingerprint density at radius 3 is 2.53 bits per heavy atom. The molecular formula is C12H11BrO4. The Bertz CT molecular complexity index is 479. The van der Waals surface area contributed by atoms with Crippen LogP contribution in [0.15, 0.2) is 22.7 Å². The molecule has 5 heteroatoms. The van der Waals surface area contributed by atoms with Crippen molar-refractivity contribution < 1.29 is 19.1 Å². The molecule has 4 nitrogen and oxygen atoms in total. The smallest absolute Gasteiger partial charge is 0.374 e. The Hall–Kier alpha value is -1.49. The summed E-state index contributed by atoms with van der Waals surface area (Å²) in [5.41, 5.74) is 1.19. The van der Waals surface area contributed by atoms with Crippen LogP contribution in [0.2, 0.25) is 0 Å². The molecule has 0 amide bonds. The van der Waals surface area contributed by atoms with Gasteiger partial charge in [-0.3, -0.25) is 9.59 Å². The molecule has 0 unspecified atom stereocenters. The molecule has 0 aliphatic heterocycles. The van der Waals surface area contributed by atoms with Gasteiger partial charge >= 0.3 is 5.97 Å². The van der Waals surface area contributed by atoms with Gasteiger partial charge in [0.1, 0.15) is 0 Å². The minimum absolute atomic E-state index is 0.390. The van der Waals surface area contributed by atoms with Crippen molar-refractivity contribution in [2.24, 2.45) is 0 Å². The predicted octanol–water partition coefficient (Wildman–Crippen LogP) is 2.07. The van der Waals surface area contributed by atoms with Crippen LogP contribution in [0.3, 0.4) is 0 Å². The number of carbonyl (C=O) groups is 3. The van der Waals surface area contributed by atoms with Crippen LogP contribution in [-0.2, 0) is 14.3 Å². The van der Waals surface area contributed by atoms with Crippen LogP contribution in [0.1, 0.15) is 22.3 Å². The van der Waals surface area contributed by atoms with E-state index in [9.17, 15) is 14.4 Å². The van der Waals surface area contributed by atoms with Crippen molar-refractivity contribution in [3.05, 3.63) is 33.8 Å². The van der Waals surface area contributed by atoms with Gasteiger partial charge < -0.3 is 4.74 Å². The lowest BCUT2D eigenvalue weighted by Gasteiger charge is -2.04. The van der Waals surface area contributed by atoms with Crippen molar-refractivity contribution >= 4 is 33.5 Å². The van der Waals surface area contributed by atoms with Crippen LogP contribution in [-0.4, -0.2) is 24.6 Å². The highest BCUT2D eigenvalue weighted by Gasteiger charge is 2.20. The van der Waals surface area contributed by atoms with Gasteiger partial charge in [0.05, 0.1) is 13.5 Å². The molecule has 0 radical (unpaired) electrons. The van der Waals surface area contributed by atoms with E-state index in [2.05, 4.69) is 20.7 Å². The second-order valence-corrected chi connectivity index (χ2v) is 4.39. The van der Waals surface area contributed by atoms with Gasteiger partial charge in [0, 0.05) is 10.0 Å². The molecule has 1 aromatic carbocycles. The summed E-state index contributed by atoms with van der Waals surface area (Å²) in [5, 5.41) is 0. The van der Waals surface area contributed by atoms with Crippen LogP contribution in [0.4, 0.5) is 0 Å². The Labute approximate surface area is 107 Å². The minimum atomic E-state index is -0.994. The van der Waals surface area contributed by atoms with Gasteiger partial charge in [-0.25, -0.2) is 4.79 Å². The van der Waals surface area contributed by atoms with E-state index in [0.29, 0.717) is 5.56 Å². The van der Waals surface area contributed by atoms with Crippen molar-refractivity contribution in [3.63, 3.8) is 0 Å². The van der Waals surface area contributed by atoms with E-state index in [1.54, 1.807) is 25.1 Å². The maximum Gasteiger partial charge on any atom is 0.374 e. The van der Waals surface area contributed by atoms with Gasteiger partial charge in [0.25, 0.3) is 0 Å². The first-order chi connectivity index (χ1) is 7.95. The van der Waals surface area contributed by atoms with Crippen molar-refractivity contribution in [1.29, 1.82) is 0 Å². The average Bonchev–Trinajstić information content (AvgIpc) is 2.30. The largest absolute Gasteiger partial charge is 0.463 e. The topological polar surface area (TPSA) is 60.4 Å². The molecule has 0 saturated carbocycles. The maximum absolute atomic E-state index is 11.8. The van der Waals surface area contributed by atoms with Gasteiger partial charge in [-0.2, -0.15) is 0 Å². The van der Waals surface area contributed by atoms with Crippen molar-refractivity contribution in [2.45, 2.75) is 13.3 Å². The molecule has 0 heterocycles. The third-order valence-corrected chi connectivity index (χ3v) is 2.73. The number of esters is 1. The minimum Gasteiger partial charge on any atom is -0.463 e. The lowest BCUT2D eigenvalue weighted by Crippen LogP contribution is -2.19. The molecular weight excluding hydrogens is 288 g/mol. The van der Waals surface area contributed by atoms with E-state index in [4.69, 9.17) is 0 Å². The number of aryl methyl sites for hydroxylation is 1. The second-order valence-electron chi connectivity index (χ2n) is 3.47. The number of ketones is 2. The lowest BCUT2D eigenvalue weighted by molar-refractivity contribution is -0.151. The molecule has 0 aliphatic carbocycles. The molecule has 90 valence electrons. The lowest BCUT2D eigenvalue weighted by atomic mass is 10.0. The predicted molar refractivity (Wildman–Crippen MR) is 64.8 cm³/mol. The van der Waals surface area contributed by atoms with Crippen LogP contribution in [0.25, 0.3) is 0 Å². The summed E-state index contributed by atoms with van der Waals surface area (Å²) in [4.78, 5) is 33.9. The standard InChI is InChI=1S/C12H11BrO4/c1-7-3-4-8(13)5-9(7)10(14)6-11(15)12(16)17-2/h3-5H,6H2,1-2H3. The number of halogens is 1. The summed E-state index contributed by atoms with van der Waals surface area (Å²) in [6, 6.07) is 5.19. The Balaban J connectivity index is 2.87. The van der Waals surface area contributed by atoms with Crippen molar-refractivity contribution in [2.75, 3.05) is 7.11 Å². The quantitative estimate of drug-likeness (QED) is 0.369. The van der Waals surface area contributed by atoms with Gasteiger partial charge in [0.2, 0.25) is 5.78 Å². The van der Waals surface area contributed by atoms with E-state index < -0.39 is 18.2 Å². The molecule has 1 aromatic rings. The first kappa shape index (κ1) is 13.6. The highest BCUT2D eigenvalue weighted by Crippen LogP contribution is 2.17. The highest BCUT2D eigenvalue weighted by atomic mass is 79.9. The zero-order chi connectivity index (χ0) is 13.0. The van der Waals surface area contributed by atoms with E-state index >= 15 is 0 Å². The Morgan fingerprint density at radius 2 is 1.94 bits per heavy atom. The monoisotopic (exact) mass is 298 g/mol. The van der Waals surface area contributed by atoms with Crippen molar-refractivity contribution in [3.8, 4) is 0 Å². The Morgan fingerprint density at radius 1 is 1.29 bits per heavy atom. The fourth-order valence-corrected chi connectivity index (χ4v) is 1.68. The number of rotatable bonds is 4. The van der Waals surface area contributed by atoms with Gasteiger partial charge in [0.15, 0.2) is 5.78 Å². The van der Waals surface area contributed by atoms with Crippen LogP contribution >= 0.6 is 15.9 Å². The van der Waals surface area contributed by atoms with E-state index in [1.165, 1.54) is 0 Å². The summed E-state index contributed by atoms with van der Waals surface area (Å²) >= 11 is 3.24. The van der Waals surface area contributed by atoms with Crippen LogP contribution < -0.4 is 0 Å². The first-order valence-corrected chi connectivity index (χ1v) is 5.65. The number of methoxy groups -OCH3 is 1. The van der Waals surface area contributed by atoms with E-state index in [-0.39, 0.29) is 5.78 Å². The van der Waals surface area contributed by atoms with Crippen molar-refractivity contribution in [1.82, 2.24) is 0 Å². The average molecular weight is 299 g/mol. The SMILES string of the molecule is COC(=O)C(=O)CC(=O)c1cc(Br)ccc1C. The molecule has 0 fully saturated rings. The number of hydrogen-bond acceptors (Lipinski definition) is 4. The zero-order valence-corrected chi connectivity index (χ0v) is 11.0.